The molecule has 0 amide bonds. The van der Waals surface area contributed by atoms with Crippen LogP contribution in [0.3, 0.4) is 0 Å². The van der Waals surface area contributed by atoms with Crippen LogP contribution in [0.1, 0.15) is 31.9 Å². The Hall–Kier alpha value is -1.73. The summed E-state index contributed by atoms with van der Waals surface area (Å²) in [4.78, 5) is 18.9. The van der Waals surface area contributed by atoms with Gasteiger partial charge in [0.25, 0.3) is 0 Å². The topological polar surface area (TPSA) is 59.8 Å². The van der Waals surface area contributed by atoms with E-state index in [-0.39, 0.29) is 23.2 Å². The van der Waals surface area contributed by atoms with E-state index in [0.717, 1.165) is 11.3 Å². The summed E-state index contributed by atoms with van der Waals surface area (Å²) in [6.45, 7) is 4.20. The van der Waals surface area contributed by atoms with Gasteiger partial charge in [0, 0.05) is 17.0 Å². The quantitative estimate of drug-likeness (QED) is 0.797. The van der Waals surface area contributed by atoms with E-state index in [1.807, 2.05) is 10.9 Å². The Balaban J connectivity index is 1.88. The van der Waals surface area contributed by atoms with Crippen molar-refractivity contribution in [3.63, 3.8) is 0 Å². The van der Waals surface area contributed by atoms with Gasteiger partial charge in [-0.2, -0.15) is 4.98 Å². The summed E-state index contributed by atoms with van der Waals surface area (Å²) in [6.07, 6.45) is 6.76. The minimum atomic E-state index is -0.243. The molecule has 1 aliphatic carbocycles. The summed E-state index contributed by atoms with van der Waals surface area (Å²) in [5.74, 6) is 0.721. The van der Waals surface area contributed by atoms with Crippen LogP contribution in [0.25, 0.3) is 0 Å². The minimum Gasteiger partial charge on any atom is -0.328 e. The number of nitrogens with zero attached hydrogens (tertiary/aromatic N) is 3. The Kier molecular flexibility index (Phi) is 4.39. The third kappa shape index (κ3) is 2.97. The Morgan fingerprint density at radius 3 is 2.58 bits per heavy atom. The van der Waals surface area contributed by atoms with Crippen LogP contribution in [0.5, 0.6) is 0 Å². The summed E-state index contributed by atoms with van der Waals surface area (Å²) in [7, 11) is 0. The predicted octanol–water partition coefficient (Wildman–Crippen LogP) is 4.24. The summed E-state index contributed by atoms with van der Waals surface area (Å²) in [6, 6.07) is 8.27. The SMILES string of the molecule is CSc1ccc([C@H]2[C@@H]3C(=O)CC(C)(C)C=C3Nc3nc(SC)nn32)cc1. The van der Waals surface area contributed by atoms with Crippen molar-refractivity contribution in [1.29, 1.82) is 0 Å². The molecule has 7 heteroatoms. The number of carbonyl (C=O) groups is 1. The predicted molar refractivity (Wildman–Crippen MR) is 107 cm³/mol. The van der Waals surface area contributed by atoms with Gasteiger partial charge in [-0.25, -0.2) is 4.68 Å². The normalized spacial score (nSPS) is 23.7. The maximum absolute atomic E-state index is 13.1. The second-order valence-electron chi connectivity index (χ2n) is 7.42. The summed E-state index contributed by atoms with van der Waals surface area (Å²) >= 11 is 3.22. The zero-order chi connectivity index (χ0) is 18.5. The number of nitrogens with one attached hydrogen (secondary N) is 1. The summed E-state index contributed by atoms with van der Waals surface area (Å²) < 4.78 is 1.89. The molecule has 2 heterocycles. The Labute approximate surface area is 162 Å². The fourth-order valence-corrected chi connectivity index (χ4v) is 4.58. The number of Topliss-reactive ketones (excluding diaryl/α,β-unsaturated/α-hetero) is 1. The molecule has 0 spiro atoms. The maximum Gasteiger partial charge on any atom is 0.227 e. The third-order valence-corrected chi connectivity index (χ3v) is 6.23. The Bertz CT molecular complexity index is 885. The van der Waals surface area contributed by atoms with Crippen LogP contribution in [-0.4, -0.2) is 33.1 Å². The van der Waals surface area contributed by atoms with Crippen LogP contribution in [0, 0.1) is 11.3 Å². The fourth-order valence-electron chi connectivity index (χ4n) is 3.83. The first-order valence-electron chi connectivity index (χ1n) is 8.59. The smallest absolute Gasteiger partial charge is 0.227 e. The third-order valence-electron chi connectivity index (χ3n) is 4.95. The molecule has 0 saturated carbocycles. The van der Waals surface area contributed by atoms with E-state index in [2.05, 4.69) is 65.8 Å². The van der Waals surface area contributed by atoms with E-state index in [1.54, 1.807) is 11.8 Å². The number of fused-ring (bicyclic) bond motifs is 2. The molecule has 0 radical (unpaired) electrons. The van der Waals surface area contributed by atoms with E-state index in [9.17, 15) is 4.79 Å². The van der Waals surface area contributed by atoms with Crippen molar-refractivity contribution < 1.29 is 4.79 Å². The first-order valence-corrected chi connectivity index (χ1v) is 11.0. The highest BCUT2D eigenvalue weighted by molar-refractivity contribution is 7.98. The van der Waals surface area contributed by atoms with Crippen LogP contribution >= 0.6 is 23.5 Å². The van der Waals surface area contributed by atoms with Gasteiger partial charge in [0.15, 0.2) is 0 Å². The average molecular weight is 387 g/mol. The van der Waals surface area contributed by atoms with Gasteiger partial charge < -0.3 is 5.32 Å². The first kappa shape index (κ1) is 17.7. The monoisotopic (exact) mass is 386 g/mol. The Morgan fingerprint density at radius 2 is 1.92 bits per heavy atom. The molecule has 1 aromatic carbocycles. The highest BCUT2D eigenvalue weighted by atomic mass is 32.2. The number of anilines is 1. The highest BCUT2D eigenvalue weighted by Gasteiger charge is 2.45. The molecule has 0 unspecified atom stereocenters. The number of ketones is 1. The van der Waals surface area contributed by atoms with Gasteiger partial charge in [-0.3, -0.25) is 4.79 Å². The van der Waals surface area contributed by atoms with Crippen LogP contribution in [0.15, 0.2) is 46.1 Å². The average Bonchev–Trinajstić information content (AvgIpc) is 3.01. The molecule has 1 aromatic heterocycles. The van der Waals surface area contributed by atoms with Gasteiger partial charge in [-0.05, 0) is 35.6 Å². The van der Waals surface area contributed by atoms with Crippen LogP contribution in [0.2, 0.25) is 0 Å². The highest BCUT2D eigenvalue weighted by Crippen LogP contribution is 2.45. The van der Waals surface area contributed by atoms with Crippen molar-refractivity contribution in [1.82, 2.24) is 14.8 Å². The van der Waals surface area contributed by atoms with Crippen molar-refractivity contribution in [3.8, 4) is 0 Å². The molecule has 2 aromatic rings. The minimum absolute atomic E-state index is 0.145. The molecule has 0 saturated heterocycles. The van der Waals surface area contributed by atoms with Crippen LogP contribution < -0.4 is 5.32 Å². The van der Waals surface area contributed by atoms with Crippen molar-refractivity contribution >= 4 is 35.3 Å². The molecule has 0 bridgehead atoms. The molecule has 0 fully saturated rings. The van der Waals surface area contributed by atoms with Gasteiger partial charge in [0.2, 0.25) is 11.1 Å². The summed E-state index contributed by atoms with van der Waals surface area (Å²) in [5, 5.41) is 8.74. The fraction of sp³-hybridized carbons (Fsp3) is 0.421. The molecule has 5 nitrogen and oxygen atoms in total. The van der Waals surface area contributed by atoms with Crippen LogP contribution in [0.4, 0.5) is 5.95 Å². The van der Waals surface area contributed by atoms with Crippen molar-refractivity contribution in [2.45, 2.75) is 36.4 Å². The Morgan fingerprint density at radius 1 is 1.19 bits per heavy atom. The molecule has 1 aliphatic heterocycles. The molecular weight excluding hydrogens is 364 g/mol. The van der Waals surface area contributed by atoms with E-state index in [0.29, 0.717) is 17.5 Å². The van der Waals surface area contributed by atoms with Gasteiger partial charge >= 0.3 is 0 Å². The van der Waals surface area contributed by atoms with E-state index in [1.165, 1.54) is 16.7 Å². The molecule has 26 heavy (non-hydrogen) atoms. The number of aromatic nitrogens is 3. The number of thioether (sulfide) groups is 2. The molecule has 2 atom stereocenters. The zero-order valence-electron chi connectivity index (χ0n) is 15.3. The first-order chi connectivity index (χ1) is 12.4. The van der Waals surface area contributed by atoms with Gasteiger partial charge in [0.1, 0.15) is 5.78 Å². The second-order valence-corrected chi connectivity index (χ2v) is 9.07. The van der Waals surface area contributed by atoms with Gasteiger partial charge in [-0.15, -0.1) is 16.9 Å². The van der Waals surface area contributed by atoms with E-state index < -0.39 is 0 Å². The molecule has 136 valence electrons. The summed E-state index contributed by atoms with van der Waals surface area (Å²) in [5.41, 5.74) is 1.90. The lowest BCUT2D eigenvalue weighted by molar-refractivity contribution is -0.125. The number of benzene rings is 1. The lowest BCUT2D eigenvalue weighted by Crippen LogP contribution is -2.42. The number of carbonyl (C=O) groups excluding carboxylic acids is 1. The second kappa shape index (κ2) is 6.46. The zero-order valence-corrected chi connectivity index (χ0v) is 16.9. The lowest BCUT2D eigenvalue weighted by atomic mass is 9.72. The molecular formula is C19H22N4OS2. The molecule has 2 aliphatic rings. The number of allylic oxidation sites excluding steroid dienone is 2. The number of hydrogen-bond acceptors (Lipinski definition) is 6. The van der Waals surface area contributed by atoms with Crippen molar-refractivity contribution in [2.75, 3.05) is 17.8 Å². The maximum atomic E-state index is 13.1. The standard InChI is InChI=1S/C19H22N4OS2/c1-19(2)9-13-15(14(24)10-19)16(11-5-7-12(25-3)8-6-11)23-17(20-13)21-18(22-23)26-4/h5-9,15-16H,10H2,1-4H3,(H,20,21,22)/t15-,16-/m0/s1. The van der Waals surface area contributed by atoms with E-state index in [4.69, 9.17) is 0 Å². The van der Waals surface area contributed by atoms with Gasteiger partial charge in [0.05, 0.1) is 12.0 Å². The number of rotatable bonds is 3. The van der Waals surface area contributed by atoms with Gasteiger partial charge in [-0.1, -0.05) is 43.8 Å². The van der Waals surface area contributed by atoms with Crippen LogP contribution in [-0.2, 0) is 4.79 Å². The van der Waals surface area contributed by atoms with Crippen molar-refractivity contribution in [3.05, 3.63) is 41.6 Å². The van der Waals surface area contributed by atoms with Crippen molar-refractivity contribution in [2.24, 2.45) is 11.3 Å². The van der Waals surface area contributed by atoms with E-state index >= 15 is 0 Å². The molecule has 1 N–H and O–H groups in total. The number of hydrogen-bond donors (Lipinski definition) is 1. The lowest BCUT2D eigenvalue weighted by Gasteiger charge is -2.40. The molecule has 4 rings (SSSR count). The largest absolute Gasteiger partial charge is 0.328 e.